The third kappa shape index (κ3) is 4.68. The number of nitrogens with zero attached hydrogens (tertiary/aromatic N) is 1. The van der Waals surface area contributed by atoms with Crippen molar-refractivity contribution < 1.29 is 9.59 Å². The Hall–Kier alpha value is -3.12. The maximum atomic E-state index is 13.1. The van der Waals surface area contributed by atoms with Crippen molar-refractivity contribution in [2.24, 2.45) is 22.7 Å². The highest BCUT2D eigenvalue weighted by atomic mass is 16.2. The van der Waals surface area contributed by atoms with Gasteiger partial charge in [0.05, 0.1) is 0 Å². The lowest BCUT2D eigenvalue weighted by Gasteiger charge is -2.40. The molecule has 2 amide bonds. The summed E-state index contributed by atoms with van der Waals surface area (Å²) in [5, 5.41) is 4.37. The van der Waals surface area contributed by atoms with Crippen molar-refractivity contribution in [1.82, 2.24) is 20.7 Å². The van der Waals surface area contributed by atoms with Crippen molar-refractivity contribution in [1.29, 1.82) is 0 Å². The van der Waals surface area contributed by atoms with Gasteiger partial charge in [-0.05, 0) is 103 Å². The van der Waals surface area contributed by atoms with Gasteiger partial charge in [-0.25, -0.2) is 5.43 Å². The van der Waals surface area contributed by atoms with Gasteiger partial charge < -0.3 is 9.88 Å². The maximum absolute atomic E-state index is 13.1. The first kappa shape index (κ1) is 24.2. The summed E-state index contributed by atoms with van der Waals surface area (Å²) in [6.07, 6.45) is 9.73. The average Bonchev–Trinajstić information content (AvgIpc) is 3.24. The van der Waals surface area contributed by atoms with Crippen LogP contribution in [0.5, 0.6) is 0 Å². The zero-order chi connectivity index (χ0) is 25.6. The van der Waals surface area contributed by atoms with Crippen LogP contribution in [0.15, 0.2) is 54.7 Å². The van der Waals surface area contributed by atoms with E-state index in [1.54, 1.807) is 0 Å². The molecule has 1 aromatic heterocycles. The standard InChI is InChI=1S/C31H38N4O2/c1-3-11-33-34-29(37)23-6-4-22(5-7-23)18-35-12-10-24-13-25(8-9-27(24)35)28(36)32-20-30-14-21(2)15-31(19-30)17-26(31)16-30/h4-10,12-13,21,26,33H,3,11,14-20H2,1-2H3,(H,32,36)(H,34,37). The topological polar surface area (TPSA) is 75.2 Å². The van der Waals surface area contributed by atoms with Crippen LogP contribution in [0.3, 0.4) is 0 Å². The molecule has 6 nitrogen and oxygen atoms in total. The normalized spacial score (nSPS) is 27.6. The molecule has 0 aliphatic heterocycles. The lowest BCUT2D eigenvalue weighted by atomic mass is 9.67. The molecule has 1 spiro atoms. The van der Waals surface area contributed by atoms with Crippen LogP contribution in [0, 0.1) is 22.7 Å². The van der Waals surface area contributed by atoms with E-state index >= 15 is 0 Å². The molecular weight excluding hydrogens is 460 g/mol. The number of fused-ring (bicyclic) bond motifs is 2. The average molecular weight is 499 g/mol. The molecule has 3 saturated carbocycles. The number of carbonyl (C=O) groups excluding carboxylic acids is 2. The molecule has 3 aromatic rings. The zero-order valence-corrected chi connectivity index (χ0v) is 22.0. The van der Waals surface area contributed by atoms with Crippen molar-refractivity contribution in [3.8, 4) is 0 Å². The molecular formula is C31H38N4O2. The molecule has 6 heteroatoms. The lowest BCUT2D eigenvalue weighted by Crippen LogP contribution is -2.40. The van der Waals surface area contributed by atoms with Gasteiger partial charge in [-0.15, -0.1) is 0 Å². The summed E-state index contributed by atoms with van der Waals surface area (Å²) in [7, 11) is 0. The van der Waals surface area contributed by atoms with Gasteiger partial charge in [0.25, 0.3) is 11.8 Å². The molecule has 4 unspecified atom stereocenters. The van der Waals surface area contributed by atoms with Crippen molar-refractivity contribution in [3.05, 3.63) is 71.4 Å². The molecule has 0 radical (unpaired) electrons. The van der Waals surface area contributed by atoms with Gasteiger partial charge in [-0.1, -0.05) is 26.0 Å². The maximum Gasteiger partial charge on any atom is 0.265 e. The SMILES string of the molecule is CCCNNC(=O)c1ccc(Cn2ccc3cc(C(=O)NCC45CC(C)CC6(CC6C4)C5)ccc32)cc1. The number of nitrogens with one attached hydrogen (secondary N) is 3. The number of rotatable bonds is 9. The minimum atomic E-state index is -0.126. The van der Waals surface area contributed by atoms with Crippen LogP contribution in [0.2, 0.25) is 0 Å². The summed E-state index contributed by atoms with van der Waals surface area (Å²) in [4.78, 5) is 25.3. The number of carbonyl (C=O) groups is 2. The molecule has 6 rings (SSSR count). The lowest BCUT2D eigenvalue weighted by molar-refractivity contribution is 0.0860. The predicted molar refractivity (Wildman–Crippen MR) is 146 cm³/mol. The van der Waals surface area contributed by atoms with Crippen LogP contribution < -0.4 is 16.2 Å². The highest BCUT2D eigenvalue weighted by molar-refractivity contribution is 5.98. The zero-order valence-electron chi connectivity index (χ0n) is 22.0. The van der Waals surface area contributed by atoms with E-state index in [2.05, 4.69) is 46.8 Å². The molecule has 0 saturated heterocycles. The Morgan fingerprint density at radius 1 is 0.973 bits per heavy atom. The van der Waals surface area contributed by atoms with Gasteiger partial charge in [-0.2, -0.15) is 0 Å². The van der Waals surface area contributed by atoms with Crippen LogP contribution in [-0.2, 0) is 6.54 Å². The van der Waals surface area contributed by atoms with E-state index in [-0.39, 0.29) is 11.8 Å². The Bertz CT molecular complexity index is 1320. The first-order valence-corrected chi connectivity index (χ1v) is 13.9. The highest BCUT2D eigenvalue weighted by Gasteiger charge is 2.67. The monoisotopic (exact) mass is 498 g/mol. The van der Waals surface area contributed by atoms with E-state index in [4.69, 9.17) is 0 Å². The number of hydrogen-bond donors (Lipinski definition) is 3. The second kappa shape index (κ2) is 9.32. The van der Waals surface area contributed by atoms with Gasteiger partial charge in [0.2, 0.25) is 0 Å². The Balaban J connectivity index is 1.08. The van der Waals surface area contributed by atoms with E-state index in [0.717, 1.165) is 53.4 Å². The fourth-order valence-corrected chi connectivity index (χ4v) is 7.62. The third-order valence-electron chi connectivity index (χ3n) is 9.10. The summed E-state index contributed by atoms with van der Waals surface area (Å²) in [6.45, 7) is 6.71. The fraction of sp³-hybridized carbons (Fsp3) is 0.484. The number of aromatic nitrogens is 1. The molecule has 3 aliphatic rings. The van der Waals surface area contributed by atoms with E-state index in [1.165, 1.54) is 32.1 Å². The third-order valence-corrected chi connectivity index (χ3v) is 9.10. The first-order valence-electron chi connectivity index (χ1n) is 13.9. The van der Waals surface area contributed by atoms with Crippen molar-refractivity contribution in [3.63, 3.8) is 0 Å². The van der Waals surface area contributed by atoms with E-state index in [1.807, 2.05) is 42.5 Å². The fourth-order valence-electron chi connectivity index (χ4n) is 7.62. The molecule has 2 bridgehead atoms. The second-order valence-corrected chi connectivity index (χ2v) is 12.1. The molecule has 3 aliphatic carbocycles. The molecule has 4 atom stereocenters. The minimum absolute atomic E-state index is 0.0409. The number of amides is 2. The summed E-state index contributed by atoms with van der Waals surface area (Å²) < 4.78 is 2.18. The summed E-state index contributed by atoms with van der Waals surface area (Å²) >= 11 is 0. The Morgan fingerprint density at radius 3 is 2.59 bits per heavy atom. The van der Waals surface area contributed by atoms with Crippen molar-refractivity contribution in [2.45, 2.75) is 58.9 Å². The predicted octanol–water partition coefficient (Wildman–Crippen LogP) is 5.28. The van der Waals surface area contributed by atoms with Gasteiger partial charge in [0.15, 0.2) is 0 Å². The van der Waals surface area contributed by atoms with Gasteiger partial charge in [0, 0.05) is 47.9 Å². The first-order chi connectivity index (χ1) is 17.9. The highest BCUT2D eigenvalue weighted by Crippen LogP contribution is 2.75. The smallest absolute Gasteiger partial charge is 0.265 e. The summed E-state index contributed by atoms with van der Waals surface area (Å²) in [5.41, 5.74) is 10.2. The van der Waals surface area contributed by atoms with Gasteiger partial charge in [0.1, 0.15) is 0 Å². The molecule has 2 aromatic carbocycles. The van der Waals surface area contributed by atoms with E-state index < -0.39 is 0 Å². The largest absolute Gasteiger partial charge is 0.351 e. The summed E-state index contributed by atoms with van der Waals surface area (Å²) in [5.74, 6) is 1.62. The van der Waals surface area contributed by atoms with Crippen molar-refractivity contribution >= 4 is 22.7 Å². The summed E-state index contributed by atoms with van der Waals surface area (Å²) in [6, 6.07) is 15.8. The van der Waals surface area contributed by atoms with Crippen LogP contribution in [0.4, 0.5) is 0 Å². The van der Waals surface area contributed by atoms with Crippen LogP contribution >= 0.6 is 0 Å². The number of hydrogen-bond acceptors (Lipinski definition) is 3. The molecule has 194 valence electrons. The Kier molecular flexibility index (Phi) is 6.10. The Labute approximate surface area is 219 Å². The molecule has 3 fully saturated rings. The molecule has 37 heavy (non-hydrogen) atoms. The van der Waals surface area contributed by atoms with Crippen LogP contribution in [-0.4, -0.2) is 29.5 Å². The molecule has 1 heterocycles. The van der Waals surface area contributed by atoms with Crippen LogP contribution in [0.25, 0.3) is 10.9 Å². The van der Waals surface area contributed by atoms with Crippen molar-refractivity contribution in [2.75, 3.05) is 13.1 Å². The second-order valence-electron chi connectivity index (χ2n) is 12.1. The number of benzene rings is 2. The van der Waals surface area contributed by atoms with Crippen LogP contribution in [0.1, 0.15) is 78.7 Å². The van der Waals surface area contributed by atoms with E-state index in [9.17, 15) is 9.59 Å². The van der Waals surface area contributed by atoms with Gasteiger partial charge in [-0.3, -0.25) is 15.0 Å². The quantitative estimate of drug-likeness (QED) is 0.278. The molecule has 3 N–H and O–H groups in total. The number of hydrazine groups is 1. The Morgan fingerprint density at radius 2 is 1.78 bits per heavy atom. The minimum Gasteiger partial charge on any atom is -0.351 e. The van der Waals surface area contributed by atoms with Gasteiger partial charge >= 0.3 is 0 Å². The van der Waals surface area contributed by atoms with E-state index in [0.29, 0.717) is 22.9 Å².